The molecule has 0 N–H and O–H groups in total. The molecule has 4 aliphatic rings. The molecule has 0 aromatic heterocycles. The van der Waals surface area contributed by atoms with Crippen LogP contribution >= 0.6 is 0 Å². The zero-order valence-corrected chi connectivity index (χ0v) is 79.2. The fourth-order valence-electron chi connectivity index (χ4n) is 12.0. The SMILES string of the molecule is CCC(C)(C)C(=O)OC12CC3CC(C1)CC(C(=O)[N-]S(=O)(=O)C(F)(F)F)(C3)C2.CCC(C)(C)C(=O)OCCC[Si](C)(C)O[Si](C)(C)O[Si](C)(C)O[Si](C)(C)O[Si](C)(C)C.CCC(C)C(=O)OCCOCCOCCOCCOCCOCCOCCOCCOCCOC.CCC(C)OCCOCCOC.[K+]. The van der Waals surface area contributed by atoms with Crippen LogP contribution in [-0.4, -0.2) is 258 Å². The summed E-state index contributed by atoms with van der Waals surface area (Å²) in [6.07, 6.45) is 6.83. The molecule has 4 atom stereocenters. The fourth-order valence-corrected chi connectivity index (χ4v) is 36.2. The number of carbonyl (C=O) groups is 4. The van der Waals surface area contributed by atoms with Crippen molar-refractivity contribution in [2.75, 3.05) is 166 Å². The number of amides is 1. The number of alkyl halides is 3. The van der Waals surface area contributed by atoms with Gasteiger partial charge in [0.15, 0.2) is 26.7 Å². The van der Waals surface area contributed by atoms with Crippen molar-refractivity contribution >= 4 is 76.2 Å². The summed E-state index contributed by atoms with van der Waals surface area (Å²) >= 11 is 0. The molecule has 26 nitrogen and oxygen atoms in total. The molecule has 0 aliphatic heterocycles. The second kappa shape index (κ2) is 55.3. The van der Waals surface area contributed by atoms with Crippen molar-refractivity contribution in [2.45, 2.75) is 235 Å². The minimum atomic E-state index is -5.89. The van der Waals surface area contributed by atoms with E-state index in [2.05, 4.69) is 90.6 Å². The molecule has 0 heterocycles. The molecule has 0 spiro atoms. The second-order valence-corrected chi connectivity index (χ2v) is 52.9. The number of carbonyl (C=O) groups excluding carboxylic acids is 4. The maximum atomic E-state index is 12.7. The average molecular weight is 1680 g/mol. The Balaban J connectivity index is 0. The van der Waals surface area contributed by atoms with Gasteiger partial charge in [-0.3, -0.25) is 14.4 Å². The summed E-state index contributed by atoms with van der Waals surface area (Å²) in [7, 11) is -13.3. The molecule has 4 unspecified atom stereocenters. The third-order valence-corrected chi connectivity index (χ3v) is 36.5. The fraction of sp³-hybridized carbons (Fsp3) is 0.944. The summed E-state index contributed by atoms with van der Waals surface area (Å²) in [5.74, 6) is -2.01. The van der Waals surface area contributed by atoms with E-state index in [-0.39, 0.29) is 107 Å². The molecule has 4 rings (SSSR count). The van der Waals surface area contributed by atoms with Crippen molar-refractivity contribution in [3.8, 4) is 0 Å². The van der Waals surface area contributed by atoms with Crippen LogP contribution in [0.2, 0.25) is 78.1 Å². The summed E-state index contributed by atoms with van der Waals surface area (Å²) in [5, 5.41) is 0. The van der Waals surface area contributed by atoms with E-state index < -0.39 is 91.6 Å². The van der Waals surface area contributed by atoms with Gasteiger partial charge in [0.25, 0.3) is 0 Å². The number of methoxy groups -OCH3 is 2. The Morgan fingerprint density at radius 1 is 0.486 bits per heavy atom. The van der Waals surface area contributed by atoms with Crippen molar-refractivity contribution in [3.63, 3.8) is 0 Å². The van der Waals surface area contributed by atoms with E-state index in [9.17, 15) is 40.8 Å². The topological polar surface area (TPSA) is 292 Å². The third kappa shape index (κ3) is 50.7. The van der Waals surface area contributed by atoms with E-state index in [4.69, 9.17) is 87.5 Å². The van der Waals surface area contributed by atoms with Gasteiger partial charge in [-0.05, 0) is 195 Å². The van der Waals surface area contributed by atoms with Gasteiger partial charge in [-0.1, -0.05) is 34.6 Å². The van der Waals surface area contributed by atoms with Crippen LogP contribution in [0.1, 0.15) is 140 Å². The van der Waals surface area contributed by atoms with E-state index in [0.29, 0.717) is 171 Å². The maximum Gasteiger partial charge on any atom is 1.00 e. The molecule has 0 aromatic rings. The third-order valence-electron chi connectivity index (χ3n) is 17.5. The zero-order valence-electron chi connectivity index (χ0n) is 70.3. The second-order valence-electron chi connectivity index (χ2n) is 31.4. The number of ether oxygens (including phenoxy) is 15. The quantitative estimate of drug-likeness (QED) is 0.0237. The smallest absolute Gasteiger partial charge is 0.538 e. The van der Waals surface area contributed by atoms with Crippen molar-refractivity contribution in [2.24, 2.45) is 34.0 Å². The van der Waals surface area contributed by atoms with Gasteiger partial charge in [0, 0.05) is 19.6 Å². The summed E-state index contributed by atoms with van der Waals surface area (Å²) in [5.41, 5.74) is -8.98. The van der Waals surface area contributed by atoms with E-state index in [1.807, 2.05) is 41.5 Å². The largest absolute Gasteiger partial charge is 1.00 e. The normalized spacial score (nSPS) is 18.9. The molecular weight excluding hydrogens is 1540 g/mol. The minimum absolute atomic E-state index is 0. The predicted molar refractivity (Wildman–Crippen MR) is 413 cm³/mol. The first-order chi connectivity index (χ1) is 49.2. The number of rotatable bonds is 56. The molecule has 0 aromatic carbocycles. The van der Waals surface area contributed by atoms with Crippen LogP contribution in [0, 0.1) is 34.0 Å². The Kier molecular flexibility index (Phi) is 56.2. The van der Waals surface area contributed by atoms with Crippen LogP contribution in [0.5, 0.6) is 0 Å². The molecule has 0 saturated heterocycles. The summed E-state index contributed by atoms with van der Waals surface area (Å²) in [6.45, 7) is 54.9. The van der Waals surface area contributed by atoms with Crippen molar-refractivity contribution < 1.29 is 180 Å². The monoisotopic (exact) mass is 1680 g/mol. The summed E-state index contributed by atoms with van der Waals surface area (Å²) in [6, 6.07) is 0.925. The van der Waals surface area contributed by atoms with E-state index in [1.54, 1.807) is 28.1 Å². The number of hydrogen-bond acceptors (Lipinski definition) is 25. The molecule has 1 amide bonds. The number of esters is 3. The Bertz CT molecular complexity index is 2500. The minimum Gasteiger partial charge on any atom is -0.538 e. The van der Waals surface area contributed by atoms with Gasteiger partial charge >= 0.3 is 100 Å². The van der Waals surface area contributed by atoms with Crippen LogP contribution in [0.4, 0.5) is 13.2 Å². The van der Waals surface area contributed by atoms with E-state index in [0.717, 1.165) is 38.1 Å². The molecule has 4 saturated carbocycles. The van der Waals surface area contributed by atoms with Gasteiger partial charge in [-0.15, -0.1) is 0 Å². The molecule has 4 aliphatic carbocycles. The number of halogens is 3. The maximum absolute atomic E-state index is 12.7. The average Bonchev–Trinajstić information content (AvgIpc) is 0.714. The van der Waals surface area contributed by atoms with Crippen molar-refractivity contribution in [1.29, 1.82) is 0 Å². The number of nitrogens with zero attached hydrogens (tertiary/aromatic N) is 1. The standard InChI is InChI=1S/C24H48O11.C20H50O6Si5.C18H26F3NO5S.C9H20O3.K/c1-4-23(2)24(25)35-22-21-34-20-19-33-18-17-32-16-15-31-14-13-30-12-11-29-10-9-28-8-7-27-6-5-26-3;1-15-20(2,3)19(21)22-17-16-18-28(7,8)24-30(11,12)26-31(13,14)25-29(9,10)23-27(4,5)6;1-4-15(2,3)14(24)27-17-8-11-5-12(9-17)7-16(6-11,10-17)13(23)22-28(25,26)18(19,20)21;1-4-9(2)12-8-7-11-6-5-10-3;/h23H,4-22H2,1-3H3;15-18H2,1-14H3;11-12H,4-10H2,1-3H3,(H,22,23);9H,4-8H2,1-3H3;/q;;;;+1/p-1. The zero-order chi connectivity index (χ0) is 81.0. The predicted octanol–water partition coefficient (Wildman–Crippen LogP) is 10.4. The van der Waals surface area contributed by atoms with Crippen LogP contribution < -0.4 is 51.4 Å². The Labute approximate surface area is 690 Å². The Hall–Kier alpha value is -0.299. The Morgan fingerprint density at radius 3 is 1.21 bits per heavy atom. The molecule has 107 heavy (non-hydrogen) atoms. The summed E-state index contributed by atoms with van der Waals surface area (Å²) in [4.78, 5) is 48.9. The van der Waals surface area contributed by atoms with Gasteiger partial charge in [0.05, 0.1) is 174 Å². The number of sulfonamides is 1. The molecule has 0 radical (unpaired) electrons. The molecule has 4 bridgehead atoms. The van der Waals surface area contributed by atoms with E-state index in [1.165, 1.54) is 0 Å². The molecule has 630 valence electrons. The summed E-state index contributed by atoms with van der Waals surface area (Å²) < 4.78 is 169. The first-order valence-electron chi connectivity index (χ1n) is 37.9. The molecule has 4 fully saturated rings. The molecular formula is C71H143F3KNO25SSi5. The van der Waals surface area contributed by atoms with Gasteiger partial charge in [0.1, 0.15) is 12.2 Å². The van der Waals surface area contributed by atoms with Gasteiger partial charge in [-0.25, -0.2) is 8.42 Å². The van der Waals surface area contributed by atoms with Gasteiger partial charge in [-0.2, -0.15) is 13.2 Å². The van der Waals surface area contributed by atoms with Gasteiger partial charge < -0.3 is 97.0 Å². The first-order valence-corrected chi connectivity index (χ1v) is 54.4. The molecule has 36 heteroatoms. The van der Waals surface area contributed by atoms with Crippen molar-refractivity contribution in [1.82, 2.24) is 0 Å². The van der Waals surface area contributed by atoms with Crippen LogP contribution in [0.15, 0.2) is 0 Å². The van der Waals surface area contributed by atoms with Crippen LogP contribution in [0.25, 0.3) is 4.72 Å². The van der Waals surface area contributed by atoms with Crippen LogP contribution in [-0.2, 0) is 117 Å². The Morgan fingerprint density at radius 2 is 0.850 bits per heavy atom. The number of hydrogen-bond donors (Lipinski definition) is 0. The van der Waals surface area contributed by atoms with Crippen LogP contribution in [0.3, 0.4) is 0 Å². The van der Waals surface area contributed by atoms with Crippen molar-refractivity contribution in [3.05, 3.63) is 4.72 Å². The first kappa shape index (κ1) is 109. The van der Waals surface area contributed by atoms with E-state index >= 15 is 0 Å². The van der Waals surface area contributed by atoms with Gasteiger partial charge in [0.2, 0.25) is 0 Å².